The van der Waals surface area contributed by atoms with Crippen LogP contribution in [-0.4, -0.2) is 10.3 Å². The zero-order valence-corrected chi connectivity index (χ0v) is 10.4. The molecule has 5 heteroatoms. The minimum atomic E-state index is -1.07. The zero-order valence-electron chi connectivity index (χ0n) is 6.46. The molecule has 0 saturated heterocycles. The Morgan fingerprint density at radius 3 is 2.82 bits per heavy atom. The zero-order chi connectivity index (χ0) is 7.56. The first-order valence-corrected chi connectivity index (χ1v) is 3.63. The molecule has 0 bridgehead atoms. The molecule has 0 saturated carbocycles. The van der Waals surface area contributed by atoms with Crippen molar-refractivity contribution >= 4 is 17.5 Å². The van der Waals surface area contributed by atoms with E-state index >= 15 is 0 Å². The second-order valence-corrected chi connectivity index (χ2v) is 2.62. The predicted molar refractivity (Wildman–Crippen MR) is 35.6 cm³/mol. The molecule has 0 fully saturated rings. The van der Waals surface area contributed by atoms with Gasteiger partial charge in [-0.1, -0.05) is 0 Å². The van der Waals surface area contributed by atoms with Gasteiger partial charge in [-0.05, 0) is 24.0 Å². The summed E-state index contributed by atoms with van der Waals surface area (Å²) in [6.07, 6.45) is -0.0741. The van der Waals surface area contributed by atoms with Gasteiger partial charge in [0.05, 0.1) is 5.69 Å². The van der Waals surface area contributed by atoms with Crippen molar-refractivity contribution in [3.63, 3.8) is 0 Å². The monoisotopic (exact) mass is 195 g/mol. The van der Waals surface area contributed by atoms with Crippen LogP contribution in [0.2, 0.25) is 0 Å². The van der Waals surface area contributed by atoms with Crippen LogP contribution in [0.3, 0.4) is 0 Å². The molecule has 1 aromatic heterocycles. The number of carboxylic acid groups (broad SMARTS) is 1. The van der Waals surface area contributed by atoms with E-state index in [1.54, 1.807) is 0 Å². The molecule has 1 rings (SSSR count). The molecule has 0 radical (unpaired) electrons. The number of nitrogens with zero attached hydrogens (tertiary/aromatic N) is 1. The summed E-state index contributed by atoms with van der Waals surface area (Å²) in [6.45, 7) is 1.84. The molecule has 1 heterocycles. The first-order chi connectivity index (χ1) is 4.70. The van der Waals surface area contributed by atoms with E-state index in [0.29, 0.717) is 5.69 Å². The molecule has 0 aliphatic rings. The van der Waals surface area contributed by atoms with Crippen molar-refractivity contribution in [1.29, 1.82) is 0 Å². The second kappa shape index (κ2) is 5.39. The standard InChI is InChI=1S/C6H7NO2S.K/c1-4-3-10-7-5(4)2-6(8)9;/h3H,2H2,1H3,(H,8,9);/q;+1/p-1. The van der Waals surface area contributed by atoms with Gasteiger partial charge in [0.25, 0.3) is 0 Å². The Bertz CT molecular complexity index is 248. The van der Waals surface area contributed by atoms with Crippen molar-refractivity contribution in [2.45, 2.75) is 13.3 Å². The molecule has 0 aromatic carbocycles. The Labute approximate surface area is 111 Å². The van der Waals surface area contributed by atoms with Crippen LogP contribution >= 0.6 is 11.5 Å². The Hall–Kier alpha value is 0.736. The van der Waals surface area contributed by atoms with E-state index in [1.165, 1.54) is 11.5 Å². The van der Waals surface area contributed by atoms with Crippen LogP contribution in [0.4, 0.5) is 0 Å². The van der Waals surface area contributed by atoms with Crippen molar-refractivity contribution in [3.05, 3.63) is 16.6 Å². The third-order valence-electron chi connectivity index (χ3n) is 1.16. The molecule has 0 N–H and O–H groups in total. The van der Waals surface area contributed by atoms with Gasteiger partial charge in [0.2, 0.25) is 0 Å². The molecule has 0 unspecified atom stereocenters. The topological polar surface area (TPSA) is 53.0 Å². The maximum atomic E-state index is 10.1. The van der Waals surface area contributed by atoms with Crippen LogP contribution in [0.25, 0.3) is 0 Å². The van der Waals surface area contributed by atoms with Gasteiger partial charge in [-0.2, -0.15) is 4.37 Å². The van der Waals surface area contributed by atoms with Crippen LogP contribution in [0.5, 0.6) is 0 Å². The van der Waals surface area contributed by atoms with E-state index in [4.69, 9.17) is 0 Å². The molecule has 0 aliphatic carbocycles. The summed E-state index contributed by atoms with van der Waals surface area (Å²) in [4.78, 5) is 10.1. The summed E-state index contributed by atoms with van der Waals surface area (Å²) in [6, 6.07) is 0. The first kappa shape index (κ1) is 11.7. The summed E-state index contributed by atoms with van der Waals surface area (Å²) in [7, 11) is 0. The summed E-state index contributed by atoms with van der Waals surface area (Å²) < 4.78 is 3.88. The van der Waals surface area contributed by atoms with E-state index in [0.717, 1.165) is 5.56 Å². The van der Waals surface area contributed by atoms with Crippen molar-refractivity contribution < 1.29 is 61.3 Å². The molecule has 1 aromatic rings. The molecular formula is C6H6KNO2S. The van der Waals surface area contributed by atoms with Gasteiger partial charge in [0.15, 0.2) is 0 Å². The second-order valence-electron chi connectivity index (χ2n) is 1.99. The molecule has 0 aliphatic heterocycles. The Morgan fingerprint density at radius 1 is 1.82 bits per heavy atom. The first-order valence-electron chi connectivity index (χ1n) is 2.80. The van der Waals surface area contributed by atoms with Crippen LogP contribution < -0.4 is 56.5 Å². The van der Waals surface area contributed by atoms with Crippen LogP contribution in [0.1, 0.15) is 11.3 Å². The van der Waals surface area contributed by atoms with Crippen molar-refractivity contribution in [2.75, 3.05) is 0 Å². The van der Waals surface area contributed by atoms with Gasteiger partial charge in [0.1, 0.15) is 0 Å². The molecule has 0 atom stereocenters. The number of aromatic nitrogens is 1. The quantitative estimate of drug-likeness (QED) is 0.466. The van der Waals surface area contributed by atoms with Gasteiger partial charge in [-0.15, -0.1) is 0 Å². The maximum Gasteiger partial charge on any atom is 1.00 e. The molecule has 54 valence electrons. The molecule has 3 nitrogen and oxygen atoms in total. The van der Waals surface area contributed by atoms with Gasteiger partial charge in [-0.25, -0.2) is 0 Å². The fourth-order valence-corrected chi connectivity index (χ4v) is 1.30. The third-order valence-corrected chi connectivity index (χ3v) is 1.94. The molecule has 0 spiro atoms. The fourth-order valence-electron chi connectivity index (χ4n) is 0.617. The number of carbonyl (C=O) groups is 1. The Morgan fingerprint density at radius 2 is 2.45 bits per heavy atom. The number of carboxylic acids is 1. The Kier molecular flexibility index (Phi) is 5.76. The smallest absolute Gasteiger partial charge is 0.550 e. The van der Waals surface area contributed by atoms with Gasteiger partial charge < -0.3 is 9.90 Å². The van der Waals surface area contributed by atoms with Gasteiger partial charge >= 0.3 is 51.4 Å². The van der Waals surface area contributed by atoms with Crippen LogP contribution in [0.15, 0.2) is 5.38 Å². The largest absolute Gasteiger partial charge is 1.00 e. The van der Waals surface area contributed by atoms with Gasteiger partial charge in [0, 0.05) is 17.8 Å². The van der Waals surface area contributed by atoms with Crippen molar-refractivity contribution in [1.82, 2.24) is 4.37 Å². The van der Waals surface area contributed by atoms with Crippen LogP contribution in [0, 0.1) is 6.92 Å². The number of hydrogen-bond acceptors (Lipinski definition) is 4. The molecular weight excluding hydrogens is 189 g/mol. The van der Waals surface area contributed by atoms with E-state index in [1.807, 2.05) is 12.3 Å². The number of rotatable bonds is 2. The minimum absolute atomic E-state index is 0. The van der Waals surface area contributed by atoms with Crippen molar-refractivity contribution in [3.8, 4) is 0 Å². The predicted octanol–water partition coefficient (Wildman–Crippen LogP) is -3.25. The van der Waals surface area contributed by atoms with Gasteiger partial charge in [-0.3, -0.25) is 0 Å². The third kappa shape index (κ3) is 3.77. The average Bonchev–Trinajstić information content (AvgIpc) is 2.15. The summed E-state index contributed by atoms with van der Waals surface area (Å²) in [5.41, 5.74) is 1.54. The summed E-state index contributed by atoms with van der Waals surface area (Å²) in [5, 5.41) is 11.9. The SMILES string of the molecule is Cc1csnc1CC(=O)[O-].[K+]. The van der Waals surface area contributed by atoms with Crippen LogP contribution in [-0.2, 0) is 11.2 Å². The summed E-state index contributed by atoms with van der Waals surface area (Å²) >= 11 is 1.27. The normalized spacial score (nSPS) is 8.82. The average molecular weight is 195 g/mol. The van der Waals surface area contributed by atoms with E-state index in [2.05, 4.69) is 4.37 Å². The molecule has 0 amide bonds. The Balaban J connectivity index is 0.000001000. The van der Waals surface area contributed by atoms with E-state index in [-0.39, 0.29) is 57.8 Å². The number of carbonyl (C=O) groups excluding carboxylic acids is 1. The summed E-state index contributed by atoms with van der Waals surface area (Å²) in [5.74, 6) is -1.07. The minimum Gasteiger partial charge on any atom is -0.550 e. The van der Waals surface area contributed by atoms with Crippen molar-refractivity contribution in [2.24, 2.45) is 0 Å². The van der Waals surface area contributed by atoms with E-state index < -0.39 is 5.97 Å². The number of aliphatic carboxylic acids is 1. The van der Waals surface area contributed by atoms with E-state index in [9.17, 15) is 9.90 Å². The fraction of sp³-hybridized carbons (Fsp3) is 0.333. The number of aryl methyl sites for hydroxylation is 1. The number of hydrogen-bond donors (Lipinski definition) is 0. The maximum absolute atomic E-state index is 10.1. The molecule has 11 heavy (non-hydrogen) atoms.